The first-order valence-electron chi connectivity index (χ1n) is 8.41. The van der Waals surface area contributed by atoms with Crippen molar-refractivity contribution in [1.29, 1.82) is 0 Å². The molecule has 0 saturated carbocycles. The Hall–Kier alpha value is -1.40. The second kappa shape index (κ2) is 9.18. The normalized spacial score (nSPS) is 14.5. The number of nitrogens with one attached hydrogen (secondary N) is 1. The summed E-state index contributed by atoms with van der Waals surface area (Å²) in [6.07, 6.45) is 1.09. The molecule has 1 aromatic rings. The highest BCUT2D eigenvalue weighted by Gasteiger charge is 2.19. The van der Waals surface area contributed by atoms with E-state index >= 15 is 0 Å². The van der Waals surface area contributed by atoms with Crippen LogP contribution in [0.2, 0.25) is 0 Å². The highest BCUT2D eigenvalue weighted by molar-refractivity contribution is 7.92. The third-order valence-electron chi connectivity index (χ3n) is 4.26. The molecule has 0 amide bonds. The number of hydrogen-bond donors (Lipinski definition) is 2. The molecule has 6 heteroatoms. The fourth-order valence-electron chi connectivity index (χ4n) is 2.64. The van der Waals surface area contributed by atoms with Gasteiger partial charge in [0.05, 0.1) is 5.75 Å². The minimum absolute atomic E-state index is 0.0380. The Labute approximate surface area is 145 Å². The molecule has 0 aromatic heterocycles. The van der Waals surface area contributed by atoms with Crippen molar-refractivity contribution in [2.45, 2.75) is 46.1 Å². The zero-order chi connectivity index (χ0) is 18.3. The van der Waals surface area contributed by atoms with Crippen LogP contribution < -0.4 is 5.32 Å². The third-order valence-corrected chi connectivity index (χ3v) is 5.78. The number of hydrogen-bond acceptors (Lipinski definition) is 4. The van der Waals surface area contributed by atoms with E-state index in [9.17, 15) is 13.2 Å². The van der Waals surface area contributed by atoms with Crippen LogP contribution in [0.1, 0.15) is 57.2 Å². The molecular formula is C18H29NO4S. The van der Waals surface area contributed by atoms with E-state index in [4.69, 9.17) is 5.11 Å². The molecule has 0 fully saturated rings. The fraction of sp³-hybridized carbons (Fsp3) is 0.611. The molecule has 0 radical (unpaired) electrons. The summed E-state index contributed by atoms with van der Waals surface area (Å²) in [4.78, 5) is 10.6. The average Bonchev–Trinajstić information content (AvgIpc) is 2.49. The van der Waals surface area contributed by atoms with Gasteiger partial charge in [0, 0.05) is 12.6 Å². The zero-order valence-corrected chi connectivity index (χ0v) is 15.8. The predicted octanol–water partition coefficient (Wildman–Crippen LogP) is 2.99. The van der Waals surface area contributed by atoms with E-state index in [2.05, 4.69) is 57.3 Å². The average molecular weight is 356 g/mol. The molecule has 0 aliphatic heterocycles. The number of carboxylic acids is 1. The molecule has 2 N–H and O–H groups in total. The van der Waals surface area contributed by atoms with Crippen LogP contribution >= 0.6 is 0 Å². The van der Waals surface area contributed by atoms with E-state index in [-0.39, 0.29) is 18.3 Å². The largest absolute Gasteiger partial charge is 0.480 e. The van der Waals surface area contributed by atoms with Gasteiger partial charge < -0.3 is 10.4 Å². The summed E-state index contributed by atoms with van der Waals surface area (Å²) in [6.45, 7) is 8.75. The molecule has 24 heavy (non-hydrogen) atoms. The van der Waals surface area contributed by atoms with E-state index < -0.39 is 21.6 Å². The Bertz CT molecular complexity index is 623. The van der Waals surface area contributed by atoms with Crippen molar-refractivity contribution in [3.8, 4) is 0 Å². The summed E-state index contributed by atoms with van der Waals surface area (Å²) >= 11 is 0. The third kappa shape index (κ3) is 6.61. The van der Waals surface area contributed by atoms with Gasteiger partial charge in [0.1, 0.15) is 5.75 Å². The molecule has 0 spiro atoms. The summed E-state index contributed by atoms with van der Waals surface area (Å²) in [5.74, 6) is -1.48. The summed E-state index contributed by atoms with van der Waals surface area (Å²) in [5, 5.41) is 11.9. The van der Waals surface area contributed by atoms with Crippen LogP contribution in [0.25, 0.3) is 0 Å². The lowest BCUT2D eigenvalue weighted by Gasteiger charge is -2.23. The minimum Gasteiger partial charge on any atom is -0.480 e. The molecule has 1 aromatic carbocycles. The maximum absolute atomic E-state index is 11.7. The molecule has 0 aliphatic carbocycles. The van der Waals surface area contributed by atoms with E-state index in [0.717, 1.165) is 12.0 Å². The van der Waals surface area contributed by atoms with Crippen molar-refractivity contribution >= 4 is 15.8 Å². The van der Waals surface area contributed by atoms with Gasteiger partial charge in [0.2, 0.25) is 0 Å². The van der Waals surface area contributed by atoms with Crippen molar-refractivity contribution in [3.05, 3.63) is 35.4 Å². The monoisotopic (exact) mass is 355 g/mol. The lowest BCUT2D eigenvalue weighted by atomic mass is 9.92. The van der Waals surface area contributed by atoms with Gasteiger partial charge in [-0.1, -0.05) is 52.0 Å². The van der Waals surface area contributed by atoms with Crippen molar-refractivity contribution in [2.24, 2.45) is 5.92 Å². The van der Waals surface area contributed by atoms with Crippen molar-refractivity contribution in [3.63, 3.8) is 0 Å². The van der Waals surface area contributed by atoms with Gasteiger partial charge in [-0.15, -0.1) is 0 Å². The van der Waals surface area contributed by atoms with E-state index in [1.807, 2.05) is 0 Å². The zero-order valence-electron chi connectivity index (χ0n) is 15.0. The number of carbonyl (C=O) groups is 1. The van der Waals surface area contributed by atoms with Crippen LogP contribution in [0, 0.1) is 5.92 Å². The van der Waals surface area contributed by atoms with Crippen LogP contribution in [0.4, 0.5) is 0 Å². The second-order valence-corrected chi connectivity index (χ2v) is 8.82. The maximum Gasteiger partial charge on any atom is 0.318 e. The Morgan fingerprint density at radius 2 is 1.67 bits per heavy atom. The first kappa shape index (κ1) is 20.6. The fourth-order valence-corrected chi connectivity index (χ4v) is 3.59. The van der Waals surface area contributed by atoms with Crippen LogP contribution in [0.3, 0.4) is 0 Å². The van der Waals surface area contributed by atoms with Gasteiger partial charge in [-0.25, -0.2) is 8.42 Å². The second-order valence-electron chi connectivity index (χ2n) is 6.64. The lowest BCUT2D eigenvalue weighted by molar-refractivity contribution is -0.134. The standard InChI is InChI=1S/C18H29NO4S/c1-5-14(4)15-6-8-16(9-7-15)18(13(2)3)19-10-11-24(22,23)12-17(20)21/h6-9,13-14,18-19H,5,10-12H2,1-4H3,(H,20,21). The van der Waals surface area contributed by atoms with E-state index in [1.54, 1.807) is 0 Å². The Morgan fingerprint density at radius 3 is 2.12 bits per heavy atom. The number of carboxylic acid groups (broad SMARTS) is 1. The molecule has 0 bridgehead atoms. The van der Waals surface area contributed by atoms with Gasteiger partial charge in [0.25, 0.3) is 0 Å². The van der Waals surface area contributed by atoms with Gasteiger partial charge in [-0.3, -0.25) is 4.79 Å². The number of benzene rings is 1. The number of sulfone groups is 1. The van der Waals surface area contributed by atoms with Crippen LogP contribution in [0.5, 0.6) is 0 Å². The molecule has 0 heterocycles. The highest BCUT2D eigenvalue weighted by atomic mass is 32.2. The van der Waals surface area contributed by atoms with Crippen LogP contribution in [-0.2, 0) is 14.6 Å². The predicted molar refractivity (Wildman–Crippen MR) is 97.0 cm³/mol. The maximum atomic E-state index is 11.7. The molecular weight excluding hydrogens is 326 g/mol. The molecule has 1 rings (SSSR count). The number of aliphatic carboxylic acids is 1. The van der Waals surface area contributed by atoms with Crippen molar-refractivity contribution in [1.82, 2.24) is 5.32 Å². The Balaban J connectivity index is 2.73. The Morgan fingerprint density at radius 1 is 1.12 bits per heavy atom. The molecule has 0 saturated heterocycles. The number of rotatable bonds is 10. The van der Waals surface area contributed by atoms with Crippen molar-refractivity contribution in [2.75, 3.05) is 18.1 Å². The van der Waals surface area contributed by atoms with Gasteiger partial charge >= 0.3 is 5.97 Å². The topological polar surface area (TPSA) is 83.5 Å². The van der Waals surface area contributed by atoms with Crippen LogP contribution in [-0.4, -0.2) is 37.5 Å². The first-order valence-corrected chi connectivity index (χ1v) is 10.2. The van der Waals surface area contributed by atoms with Gasteiger partial charge in [-0.05, 0) is 29.4 Å². The SMILES string of the molecule is CCC(C)c1ccc(C(NCCS(=O)(=O)CC(=O)O)C(C)C)cc1. The molecule has 2 unspecified atom stereocenters. The van der Waals surface area contributed by atoms with Crippen molar-refractivity contribution < 1.29 is 18.3 Å². The van der Waals surface area contributed by atoms with E-state index in [0.29, 0.717) is 11.8 Å². The summed E-state index contributed by atoms with van der Waals surface area (Å²) < 4.78 is 23.3. The molecule has 5 nitrogen and oxygen atoms in total. The lowest BCUT2D eigenvalue weighted by Crippen LogP contribution is -2.32. The quantitative estimate of drug-likeness (QED) is 0.674. The van der Waals surface area contributed by atoms with Crippen LogP contribution in [0.15, 0.2) is 24.3 Å². The summed E-state index contributed by atoms with van der Waals surface area (Å²) in [7, 11) is -3.57. The summed E-state index contributed by atoms with van der Waals surface area (Å²) in [5.41, 5.74) is 2.42. The summed E-state index contributed by atoms with van der Waals surface area (Å²) in [6, 6.07) is 8.47. The first-order chi connectivity index (χ1) is 11.2. The highest BCUT2D eigenvalue weighted by Crippen LogP contribution is 2.25. The van der Waals surface area contributed by atoms with Gasteiger partial charge in [0.15, 0.2) is 9.84 Å². The molecule has 136 valence electrons. The van der Waals surface area contributed by atoms with E-state index in [1.165, 1.54) is 5.56 Å². The molecule has 0 aliphatic rings. The minimum atomic E-state index is -3.57. The molecule has 2 atom stereocenters. The van der Waals surface area contributed by atoms with Gasteiger partial charge in [-0.2, -0.15) is 0 Å². The Kier molecular flexibility index (Phi) is 7.90. The smallest absolute Gasteiger partial charge is 0.318 e.